The van der Waals surface area contributed by atoms with Gasteiger partial charge in [-0.3, -0.25) is 4.68 Å². The van der Waals surface area contributed by atoms with Crippen LogP contribution < -0.4 is 15.4 Å². The van der Waals surface area contributed by atoms with Crippen molar-refractivity contribution in [2.45, 2.75) is 31.8 Å². The van der Waals surface area contributed by atoms with Crippen LogP contribution in [0.4, 0.5) is 4.79 Å². The summed E-state index contributed by atoms with van der Waals surface area (Å²) in [5.41, 5.74) is 3.39. The second kappa shape index (κ2) is 6.73. The normalized spacial score (nSPS) is 16.5. The van der Waals surface area contributed by atoms with Crippen LogP contribution in [0.15, 0.2) is 30.5 Å². The van der Waals surface area contributed by atoms with Gasteiger partial charge in [0.1, 0.15) is 5.75 Å². The van der Waals surface area contributed by atoms with E-state index in [4.69, 9.17) is 4.74 Å². The van der Waals surface area contributed by atoms with Gasteiger partial charge >= 0.3 is 6.03 Å². The molecule has 0 radical (unpaired) electrons. The molecule has 1 unspecified atom stereocenters. The Labute approximate surface area is 135 Å². The molecule has 0 saturated carbocycles. The van der Waals surface area contributed by atoms with Gasteiger partial charge in [0.2, 0.25) is 0 Å². The standard InChI is InChI=1S/C17H22N4O2/c1-21-16-5-3-4-15(14(16)11-19-21)20-17(22)18-10-12-6-8-13(23-2)9-7-12/h6-9,11,15H,3-5,10H2,1-2H3,(H2,18,20,22). The molecule has 23 heavy (non-hydrogen) atoms. The number of ether oxygens (including phenoxy) is 1. The Morgan fingerprint density at radius 3 is 2.91 bits per heavy atom. The first-order valence-electron chi connectivity index (χ1n) is 7.85. The number of urea groups is 1. The molecule has 1 aromatic heterocycles. The lowest BCUT2D eigenvalue weighted by molar-refractivity contribution is 0.235. The van der Waals surface area contributed by atoms with Gasteiger partial charge in [-0.15, -0.1) is 0 Å². The van der Waals surface area contributed by atoms with E-state index >= 15 is 0 Å². The Kier molecular flexibility index (Phi) is 4.50. The van der Waals surface area contributed by atoms with Crippen LogP contribution in [-0.2, 0) is 20.0 Å². The highest BCUT2D eigenvalue weighted by Crippen LogP contribution is 2.28. The number of methoxy groups -OCH3 is 1. The Hall–Kier alpha value is -2.50. The van der Waals surface area contributed by atoms with Crippen molar-refractivity contribution in [1.29, 1.82) is 0 Å². The molecule has 1 aliphatic carbocycles. The second-order valence-corrected chi connectivity index (χ2v) is 5.79. The van der Waals surface area contributed by atoms with Gasteiger partial charge in [-0.25, -0.2) is 4.79 Å². The van der Waals surface area contributed by atoms with Crippen molar-refractivity contribution in [2.75, 3.05) is 7.11 Å². The maximum atomic E-state index is 12.2. The summed E-state index contributed by atoms with van der Waals surface area (Å²) >= 11 is 0. The van der Waals surface area contributed by atoms with Crippen LogP contribution in [0.1, 0.15) is 35.7 Å². The largest absolute Gasteiger partial charge is 0.497 e. The summed E-state index contributed by atoms with van der Waals surface area (Å²) in [7, 11) is 3.59. The fraction of sp³-hybridized carbons (Fsp3) is 0.412. The lowest BCUT2D eigenvalue weighted by atomic mass is 9.93. The minimum Gasteiger partial charge on any atom is -0.497 e. The molecular weight excluding hydrogens is 292 g/mol. The van der Waals surface area contributed by atoms with Crippen LogP contribution in [0.3, 0.4) is 0 Å². The number of fused-ring (bicyclic) bond motifs is 1. The van der Waals surface area contributed by atoms with E-state index in [0.29, 0.717) is 6.54 Å². The van der Waals surface area contributed by atoms with Crippen LogP contribution in [-0.4, -0.2) is 22.9 Å². The zero-order valence-electron chi connectivity index (χ0n) is 13.5. The van der Waals surface area contributed by atoms with Gasteiger partial charge in [0.25, 0.3) is 0 Å². The zero-order chi connectivity index (χ0) is 16.2. The van der Waals surface area contributed by atoms with Crippen LogP contribution in [0.25, 0.3) is 0 Å². The van der Waals surface area contributed by atoms with Gasteiger partial charge < -0.3 is 15.4 Å². The fourth-order valence-corrected chi connectivity index (χ4v) is 2.99. The van der Waals surface area contributed by atoms with E-state index in [1.807, 2.05) is 42.2 Å². The van der Waals surface area contributed by atoms with E-state index in [9.17, 15) is 4.79 Å². The molecule has 0 fully saturated rings. The molecule has 0 saturated heterocycles. The van der Waals surface area contributed by atoms with E-state index < -0.39 is 0 Å². The number of benzene rings is 1. The predicted molar refractivity (Wildman–Crippen MR) is 87.3 cm³/mol. The molecule has 2 N–H and O–H groups in total. The number of aryl methyl sites for hydroxylation is 1. The zero-order valence-corrected chi connectivity index (χ0v) is 13.5. The number of carbonyl (C=O) groups is 1. The Morgan fingerprint density at radius 2 is 2.17 bits per heavy atom. The quantitative estimate of drug-likeness (QED) is 0.910. The molecular formula is C17H22N4O2. The van der Waals surface area contributed by atoms with E-state index in [1.165, 1.54) is 5.69 Å². The lowest BCUT2D eigenvalue weighted by Crippen LogP contribution is -2.38. The number of nitrogens with one attached hydrogen (secondary N) is 2. The molecule has 2 aromatic rings. The van der Waals surface area contributed by atoms with Gasteiger partial charge in [0, 0.05) is 24.8 Å². The molecule has 122 valence electrons. The third-order valence-electron chi connectivity index (χ3n) is 4.29. The number of nitrogens with zero attached hydrogens (tertiary/aromatic N) is 2. The number of aromatic nitrogens is 2. The van der Waals surface area contributed by atoms with Gasteiger partial charge in [-0.1, -0.05) is 12.1 Å². The first kappa shape index (κ1) is 15.4. The molecule has 1 heterocycles. The molecule has 3 rings (SSSR count). The van der Waals surface area contributed by atoms with E-state index in [1.54, 1.807) is 7.11 Å². The number of amides is 2. The molecule has 1 aromatic carbocycles. The Balaban J connectivity index is 1.55. The summed E-state index contributed by atoms with van der Waals surface area (Å²) in [6, 6.07) is 7.55. The summed E-state index contributed by atoms with van der Waals surface area (Å²) < 4.78 is 7.02. The van der Waals surface area contributed by atoms with Crippen LogP contribution >= 0.6 is 0 Å². The van der Waals surface area contributed by atoms with Gasteiger partial charge in [-0.2, -0.15) is 5.10 Å². The summed E-state index contributed by atoms with van der Waals surface area (Å²) in [4.78, 5) is 12.2. The maximum absolute atomic E-state index is 12.2. The molecule has 1 aliphatic rings. The molecule has 6 heteroatoms. The topological polar surface area (TPSA) is 68.2 Å². The maximum Gasteiger partial charge on any atom is 0.315 e. The first-order valence-corrected chi connectivity index (χ1v) is 7.85. The average Bonchev–Trinajstić information content (AvgIpc) is 2.96. The van der Waals surface area contributed by atoms with Crippen LogP contribution in [0, 0.1) is 0 Å². The van der Waals surface area contributed by atoms with E-state index in [-0.39, 0.29) is 12.1 Å². The van der Waals surface area contributed by atoms with Crippen molar-refractivity contribution in [3.8, 4) is 5.75 Å². The molecule has 0 bridgehead atoms. The first-order chi connectivity index (χ1) is 11.2. The van der Waals surface area contributed by atoms with E-state index in [0.717, 1.165) is 36.1 Å². The average molecular weight is 314 g/mol. The number of hydrogen-bond donors (Lipinski definition) is 2. The summed E-state index contributed by atoms with van der Waals surface area (Å²) in [6.45, 7) is 0.489. The van der Waals surface area contributed by atoms with Gasteiger partial charge in [0.15, 0.2) is 0 Å². The third kappa shape index (κ3) is 3.47. The Morgan fingerprint density at radius 1 is 1.39 bits per heavy atom. The predicted octanol–water partition coefficient (Wildman–Crippen LogP) is 2.31. The minimum absolute atomic E-state index is 0.0447. The number of carbonyl (C=O) groups excluding carboxylic acids is 1. The van der Waals surface area contributed by atoms with Crippen molar-refractivity contribution in [2.24, 2.45) is 7.05 Å². The van der Waals surface area contributed by atoms with E-state index in [2.05, 4.69) is 15.7 Å². The van der Waals surface area contributed by atoms with Crippen molar-refractivity contribution in [1.82, 2.24) is 20.4 Å². The monoisotopic (exact) mass is 314 g/mol. The molecule has 6 nitrogen and oxygen atoms in total. The lowest BCUT2D eigenvalue weighted by Gasteiger charge is -2.24. The van der Waals surface area contributed by atoms with Crippen molar-refractivity contribution >= 4 is 6.03 Å². The Bertz CT molecular complexity index is 678. The van der Waals surface area contributed by atoms with Crippen LogP contribution in [0.5, 0.6) is 5.75 Å². The van der Waals surface area contributed by atoms with Crippen molar-refractivity contribution in [3.05, 3.63) is 47.3 Å². The summed E-state index contributed by atoms with van der Waals surface area (Å²) in [6.07, 6.45) is 4.91. The minimum atomic E-state index is -0.150. The summed E-state index contributed by atoms with van der Waals surface area (Å²) in [5.74, 6) is 0.810. The van der Waals surface area contributed by atoms with Gasteiger partial charge in [0.05, 0.1) is 19.3 Å². The van der Waals surface area contributed by atoms with Crippen LogP contribution in [0.2, 0.25) is 0 Å². The highest BCUT2D eigenvalue weighted by Gasteiger charge is 2.24. The molecule has 1 atom stereocenters. The highest BCUT2D eigenvalue weighted by atomic mass is 16.5. The van der Waals surface area contributed by atoms with Crippen molar-refractivity contribution < 1.29 is 9.53 Å². The highest BCUT2D eigenvalue weighted by molar-refractivity contribution is 5.74. The SMILES string of the molecule is COc1ccc(CNC(=O)NC2CCCc3c2cnn3C)cc1. The third-order valence-corrected chi connectivity index (χ3v) is 4.29. The summed E-state index contributed by atoms with van der Waals surface area (Å²) in [5, 5.41) is 10.3. The number of hydrogen-bond acceptors (Lipinski definition) is 3. The second-order valence-electron chi connectivity index (χ2n) is 5.79. The van der Waals surface area contributed by atoms with Crippen molar-refractivity contribution in [3.63, 3.8) is 0 Å². The molecule has 0 aliphatic heterocycles. The number of rotatable bonds is 4. The van der Waals surface area contributed by atoms with Gasteiger partial charge in [-0.05, 0) is 37.0 Å². The smallest absolute Gasteiger partial charge is 0.315 e. The molecule has 2 amide bonds. The molecule has 0 spiro atoms. The fourth-order valence-electron chi connectivity index (χ4n) is 2.99.